The number of hydrogen-bond donors (Lipinski definition) is 2. The Morgan fingerprint density at radius 3 is 2.57 bits per heavy atom. The molecule has 1 aliphatic heterocycles. The van der Waals surface area contributed by atoms with Gasteiger partial charge >= 0.3 is 0 Å². The van der Waals surface area contributed by atoms with Gasteiger partial charge in [0.1, 0.15) is 16.5 Å². The highest BCUT2D eigenvalue weighted by molar-refractivity contribution is 7.18. The van der Waals surface area contributed by atoms with Gasteiger partial charge in [0, 0.05) is 9.90 Å². The number of hydrogen-bond acceptors (Lipinski definition) is 6. The molecule has 4 rings (SSSR count). The van der Waals surface area contributed by atoms with Crippen molar-refractivity contribution in [3.8, 4) is 0 Å². The third-order valence-corrected chi connectivity index (χ3v) is 6.76. The fourth-order valence-electron chi connectivity index (χ4n) is 3.70. The van der Waals surface area contributed by atoms with Crippen LogP contribution in [0.25, 0.3) is 10.2 Å². The monoisotopic (exact) mass is 416 g/mol. The first-order valence-corrected chi connectivity index (χ1v) is 10.9. The van der Waals surface area contributed by atoms with Gasteiger partial charge in [-0.25, -0.2) is 9.97 Å². The number of aliphatic hydroxyl groups is 1. The van der Waals surface area contributed by atoms with Crippen molar-refractivity contribution in [3.63, 3.8) is 0 Å². The average molecular weight is 417 g/mol. The van der Waals surface area contributed by atoms with Crippen LogP contribution in [0.4, 0.5) is 5.82 Å². The molecule has 1 atom stereocenters. The van der Waals surface area contributed by atoms with Crippen LogP contribution in [0.1, 0.15) is 40.7 Å². The van der Waals surface area contributed by atoms with E-state index in [1.165, 1.54) is 23.3 Å². The van der Waals surface area contributed by atoms with Crippen molar-refractivity contribution in [2.75, 3.05) is 25.0 Å². The van der Waals surface area contributed by atoms with Crippen molar-refractivity contribution >= 4 is 39.0 Å². The zero-order valence-corrected chi connectivity index (χ0v) is 17.8. The molecule has 2 N–H and O–H groups in total. The highest BCUT2D eigenvalue weighted by Crippen LogP contribution is 2.35. The molecule has 5 nitrogen and oxygen atoms in total. The Balaban J connectivity index is 1.71. The van der Waals surface area contributed by atoms with Gasteiger partial charge in [-0.2, -0.15) is 0 Å². The Labute approximate surface area is 174 Å². The van der Waals surface area contributed by atoms with E-state index in [0.29, 0.717) is 5.02 Å². The summed E-state index contributed by atoms with van der Waals surface area (Å²) in [4.78, 5) is 14.4. The number of anilines is 1. The van der Waals surface area contributed by atoms with Crippen LogP contribution >= 0.6 is 22.9 Å². The summed E-state index contributed by atoms with van der Waals surface area (Å²) in [5.74, 6) is 1.64. The number of benzene rings is 1. The first kappa shape index (κ1) is 19.6. The van der Waals surface area contributed by atoms with Crippen LogP contribution in [-0.2, 0) is 6.54 Å². The topological polar surface area (TPSA) is 61.3 Å². The van der Waals surface area contributed by atoms with Gasteiger partial charge in [-0.1, -0.05) is 23.7 Å². The maximum absolute atomic E-state index is 10.0. The molecule has 0 aliphatic carbocycles. The minimum atomic E-state index is -0.255. The molecule has 28 heavy (non-hydrogen) atoms. The number of nitrogens with zero attached hydrogens (tertiary/aromatic N) is 3. The molecule has 1 fully saturated rings. The van der Waals surface area contributed by atoms with E-state index in [9.17, 15) is 5.11 Å². The Hall–Kier alpha value is -1.73. The second-order valence-corrected chi connectivity index (χ2v) is 9.01. The fourth-order valence-corrected chi connectivity index (χ4v) is 4.88. The predicted molar refractivity (Wildman–Crippen MR) is 116 cm³/mol. The standard InChI is InChI=1S/C21H25ClN4OS/c1-13-14(2)28-21-19(13)20(24-18(25-21)11-26-9-3-4-10-26)23-17(12-27)15-5-7-16(22)8-6-15/h5-8,17,27H,3-4,9-12H2,1-2H3,(H,23,24,25). The van der Waals surface area contributed by atoms with Gasteiger partial charge < -0.3 is 10.4 Å². The molecule has 0 saturated carbocycles. The van der Waals surface area contributed by atoms with Gasteiger partial charge in [0.05, 0.1) is 24.6 Å². The van der Waals surface area contributed by atoms with E-state index in [0.717, 1.165) is 47.1 Å². The maximum atomic E-state index is 10.0. The molecule has 3 heterocycles. The normalized spacial score (nSPS) is 16.0. The minimum Gasteiger partial charge on any atom is -0.394 e. The van der Waals surface area contributed by atoms with Gasteiger partial charge in [0.15, 0.2) is 0 Å². The molecule has 1 aliphatic rings. The number of aliphatic hydroxyl groups excluding tert-OH is 1. The van der Waals surface area contributed by atoms with Crippen LogP contribution < -0.4 is 5.32 Å². The third kappa shape index (κ3) is 4.01. The number of fused-ring (bicyclic) bond motifs is 1. The summed E-state index contributed by atoms with van der Waals surface area (Å²) < 4.78 is 0. The first-order valence-electron chi connectivity index (χ1n) is 9.67. The van der Waals surface area contributed by atoms with Crippen LogP contribution in [0.15, 0.2) is 24.3 Å². The summed E-state index contributed by atoms with van der Waals surface area (Å²) in [7, 11) is 0. The van der Waals surface area contributed by atoms with Gasteiger partial charge in [0.25, 0.3) is 0 Å². The lowest BCUT2D eigenvalue weighted by molar-refractivity contribution is 0.276. The van der Waals surface area contributed by atoms with Crippen molar-refractivity contribution in [2.24, 2.45) is 0 Å². The molecule has 0 spiro atoms. The van der Waals surface area contributed by atoms with E-state index in [1.54, 1.807) is 11.3 Å². The molecule has 1 aromatic carbocycles. The van der Waals surface area contributed by atoms with Gasteiger partial charge in [0.2, 0.25) is 0 Å². The van der Waals surface area contributed by atoms with Crippen LogP contribution in [0.3, 0.4) is 0 Å². The summed E-state index contributed by atoms with van der Waals surface area (Å²) in [5.41, 5.74) is 2.17. The van der Waals surface area contributed by atoms with E-state index in [4.69, 9.17) is 21.6 Å². The molecule has 0 bridgehead atoms. The summed E-state index contributed by atoms with van der Waals surface area (Å²) in [6.45, 7) is 7.18. The zero-order valence-electron chi connectivity index (χ0n) is 16.2. The van der Waals surface area contributed by atoms with Crippen molar-refractivity contribution in [2.45, 2.75) is 39.3 Å². The number of likely N-dealkylation sites (tertiary alicyclic amines) is 1. The molecule has 7 heteroatoms. The van der Waals surface area contributed by atoms with Crippen LogP contribution in [0, 0.1) is 13.8 Å². The third-order valence-electron chi connectivity index (χ3n) is 5.40. The SMILES string of the molecule is Cc1sc2nc(CN3CCCC3)nc(NC(CO)c3ccc(Cl)cc3)c2c1C. The molecule has 1 saturated heterocycles. The number of halogens is 1. The van der Waals surface area contributed by atoms with E-state index >= 15 is 0 Å². The van der Waals surface area contributed by atoms with Gasteiger partial charge in [-0.15, -0.1) is 11.3 Å². The highest BCUT2D eigenvalue weighted by Gasteiger charge is 2.20. The molecule has 2 aromatic heterocycles. The van der Waals surface area contributed by atoms with E-state index in [1.807, 2.05) is 24.3 Å². The summed E-state index contributed by atoms with van der Waals surface area (Å²) >= 11 is 7.72. The van der Waals surface area contributed by atoms with Crippen molar-refractivity contribution in [1.29, 1.82) is 0 Å². The quantitative estimate of drug-likeness (QED) is 0.609. The molecular weight excluding hydrogens is 392 g/mol. The van der Waals surface area contributed by atoms with Crippen LogP contribution in [0.2, 0.25) is 5.02 Å². The predicted octanol–water partition coefficient (Wildman–Crippen LogP) is 4.70. The Bertz CT molecular complexity index is 967. The zero-order chi connectivity index (χ0) is 19.7. The van der Waals surface area contributed by atoms with E-state index in [2.05, 4.69) is 24.1 Å². The number of aryl methyl sites for hydroxylation is 2. The molecule has 0 radical (unpaired) electrons. The van der Waals surface area contributed by atoms with Crippen molar-refractivity contribution in [3.05, 3.63) is 51.1 Å². The largest absolute Gasteiger partial charge is 0.394 e. The lowest BCUT2D eigenvalue weighted by Crippen LogP contribution is -2.21. The summed E-state index contributed by atoms with van der Waals surface area (Å²) in [5, 5.41) is 15.2. The van der Waals surface area contributed by atoms with Gasteiger partial charge in [-0.05, 0) is 63.0 Å². The summed E-state index contributed by atoms with van der Waals surface area (Å²) in [6, 6.07) is 7.30. The molecule has 0 amide bonds. The minimum absolute atomic E-state index is 0.0310. The van der Waals surface area contributed by atoms with Crippen LogP contribution in [-0.4, -0.2) is 39.7 Å². The van der Waals surface area contributed by atoms with Crippen molar-refractivity contribution < 1.29 is 5.11 Å². The first-order chi connectivity index (χ1) is 13.5. The number of rotatable bonds is 6. The molecule has 148 valence electrons. The maximum Gasteiger partial charge on any atom is 0.146 e. The molecule has 3 aromatic rings. The fraction of sp³-hybridized carbons (Fsp3) is 0.429. The molecule has 1 unspecified atom stereocenters. The van der Waals surface area contributed by atoms with Crippen molar-refractivity contribution in [1.82, 2.24) is 14.9 Å². The lowest BCUT2D eigenvalue weighted by Gasteiger charge is -2.20. The van der Waals surface area contributed by atoms with Gasteiger partial charge in [-0.3, -0.25) is 4.90 Å². The second kappa shape index (κ2) is 8.33. The molecular formula is C21H25ClN4OS. The Morgan fingerprint density at radius 2 is 1.89 bits per heavy atom. The van der Waals surface area contributed by atoms with E-state index < -0.39 is 0 Å². The smallest absolute Gasteiger partial charge is 0.146 e. The second-order valence-electron chi connectivity index (χ2n) is 7.37. The van der Waals surface area contributed by atoms with E-state index in [-0.39, 0.29) is 12.6 Å². The average Bonchev–Trinajstić information content (AvgIpc) is 3.28. The summed E-state index contributed by atoms with van der Waals surface area (Å²) in [6.07, 6.45) is 2.49. The Morgan fingerprint density at radius 1 is 1.18 bits per heavy atom. The number of aromatic nitrogens is 2. The number of nitrogens with one attached hydrogen (secondary N) is 1. The lowest BCUT2D eigenvalue weighted by atomic mass is 10.1. The highest BCUT2D eigenvalue weighted by atomic mass is 35.5. The Kier molecular flexibility index (Phi) is 5.83. The van der Waals surface area contributed by atoms with Crippen LogP contribution in [0.5, 0.6) is 0 Å². The number of thiophene rings is 1.